The molecular weight excluding hydrogens is 432 g/mol. The first-order valence-corrected chi connectivity index (χ1v) is 10.5. The van der Waals surface area contributed by atoms with E-state index in [9.17, 15) is 14.9 Å². The van der Waals surface area contributed by atoms with Crippen LogP contribution in [0.5, 0.6) is 0 Å². The van der Waals surface area contributed by atoms with E-state index in [1.54, 1.807) is 12.1 Å². The van der Waals surface area contributed by atoms with E-state index in [1.165, 1.54) is 6.33 Å². The summed E-state index contributed by atoms with van der Waals surface area (Å²) in [7, 11) is 0. The normalized spacial score (nSPS) is 10.5. The highest BCUT2D eigenvalue weighted by Gasteiger charge is 2.26. The van der Waals surface area contributed by atoms with E-state index in [0.29, 0.717) is 5.69 Å². The van der Waals surface area contributed by atoms with Crippen molar-refractivity contribution in [1.82, 2.24) is 15.4 Å². The van der Waals surface area contributed by atoms with Crippen LogP contribution in [0.1, 0.15) is 22.6 Å². The Kier molecular flexibility index (Phi) is 6.73. The molecular formula is C25H22N6O3. The lowest BCUT2D eigenvalue weighted by atomic mass is 9.91. The average molecular weight is 454 g/mol. The van der Waals surface area contributed by atoms with Gasteiger partial charge in [0.05, 0.1) is 10.8 Å². The third-order valence-electron chi connectivity index (χ3n) is 5.15. The SMILES string of the molecule is Cc1ccc(Nc2ncnc(NNC(=O)C(c3ccccc3)c3ccccc3)c2[N+](=O)[O-])cc1. The van der Waals surface area contributed by atoms with Crippen LogP contribution in [0.15, 0.2) is 91.3 Å². The molecule has 0 aliphatic rings. The quantitative estimate of drug-likeness (QED) is 0.260. The fraction of sp³-hybridized carbons (Fsp3) is 0.0800. The third-order valence-corrected chi connectivity index (χ3v) is 5.15. The summed E-state index contributed by atoms with van der Waals surface area (Å²) in [5.74, 6) is -1.15. The van der Waals surface area contributed by atoms with Gasteiger partial charge in [-0.25, -0.2) is 9.97 Å². The van der Waals surface area contributed by atoms with E-state index in [1.807, 2.05) is 79.7 Å². The number of amides is 1. The number of aromatic nitrogens is 2. The number of carbonyl (C=O) groups is 1. The van der Waals surface area contributed by atoms with Crippen LogP contribution < -0.4 is 16.2 Å². The summed E-state index contributed by atoms with van der Waals surface area (Å²) in [6.45, 7) is 1.94. The lowest BCUT2D eigenvalue weighted by Gasteiger charge is -2.18. The number of aryl methyl sites for hydroxylation is 1. The molecule has 0 saturated carbocycles. The van der Waals surface area contributed by atoms with Crippen LogP contribution in [0.2, 0.25) is 0 Å². The summed E-state index contributed by atoms with van der Waals surface area (Å²) < 4.78 is 0. The van der Waals surface area contributed by atoms with Crippen molar-refractivity contribution in [1.29, 1.82) is 0 Å². The summed E-state index contributed by atoms with van der Waals surface area (Å²) in [5.41, 5.74) is 8.06. The Morgan fingerprint density at radius 2 is 1.41 bits per heavy atom. The number of anilines is 3. The molecule has 0 aliphatic heterocycles. The van der Waals surface area contributed by atoms with Gasteiger partial charge in [-0.05, 0) is 30.2 Å². The smallest absolute Gasteiger partial charge is 0.334 e. The van der Waals surface area contributed by atoms with Crippen molar-refractivity contribution in [2.24, 2.45) is 0 Å². The Labute approximate surface area is 196 Å². The predicted octanol–water partition coefficient (Wildman–Crippen LogP) is 4.71. The molecule has 4 rings (SSSR count). The fourth-order valence-electron chi connectivity index (χ4n) is 3.49. The summed E-state index contributed by atoms with van der Waals surface area (Å²) >= 11 is 0. The monoisotopic (exact) mass is 454 g/mol. The van der Waals surface area contributed by atoms with Gasteiger partial charge >= 0.3 is 5.69 Å². The van der Waals surface area contributed by atoms with Gasteiger partial charge in [0.25, 0.3) is 0 Å². The average Bonchev–Trinajstić information content (AvgIpc) is 2.85. The van der Waals surface area contributed by atoms with Crippen molar-refractivity contribution >= 4 is 28.9 Å². The van der Waals surface area contributed by atoms with Crippen LogP contribution in [0, 0.1) is 17.0 Å². The maximum Gasteiger partial charge on any atom is 0.355 e. The topological polar surface area (TPSA) is 122 Å². The second-order valence-corrected chi connectivity index (χ2v) is 7.54. The van der Waals surface area contributed by atoms with E-state index in [0.717, 1.165) is 16.7 Å². The molecule has 4 aromatic rings. The second kappa shape index (κ2) is 10.2. The number of hydrazine groups is 1. The van der Waals surface area contributed by atoms with Crippen LogP contribution in [0.4, 0.5) is 23.0 Å². The van der Waals surface area contributed by atoms with Gasteiger partial charge in [0.1, 0.15) is 6.33 Å². The molecule has 0 bridgehead atoms. The molecule has 34 heavy (non-hydrogen) atoms. The van der Waals surface area contributed by atoms with Crippen LogP contribution in [-0.4, -0.2) is 20.8 Å². The molecule has 9 heteroatoms. The second-order valence-electron chi connectivity index (χ2n) is 7.54. The maximum atomic E-state index is 13.2. The van der Waals surface area contributed by atoms with Gasteiger partial charge in [-0.1, -0.05) is 78.4 Å². The number of nitrogens with one attached hydrogen (secondary N) is 3. The largest absolute Gasteiger partial charge is 0.355 e. The van der Waals surface area contributed by atoms with Gasteiger partial charge in [-0.2, -0.15) is 0 Å². The van der Waals surface area contributed by atoms with E-state index in [2.05, 4.69) is 26.1 Å². The van der Waals surface area contributed by atoms with Crippen LogP contribution >= 0.6 is 0 Å². The Hall–Kier alpha value is -4.79. The van der Waals surface area contributed by atoms with Crippen LogP contribution in [0.25, 0.3) is 0 Å². The minimum absolute atomic E-state index is 0.00303. The molecule has 0 fully saturated rings. The lowest BCUT2D eigenvalue weighted by molar-refractivity contribution is -0.383. The highest BCUT2D eigenvalue weighted by molar-refractivity contribution is 5.88. The number of benzene rings is 3. The molecule has 0 aliphatic carbocycles. The Balaban J connectivity index is 1.59. The predicted molar refractivity (Wildman–Crippen MR) is 130 cm³/mol. The van der Waals surface area contributed by atoms with E-state index in [-0.39, 0.29) is 17.3 Å². The first-order chi connectivity index (χ1) is 16.5. The van der Waals surface area contributed by atoms with E-state index >= 15 is 0 Å². The summed E-state index contributed by atoms with van der Waals surface area (Å²) in [4.78, 5) is 32.4. The minimum Gasteiger partial charge on any atom is -0.334 e. The molecule has 0 saturated heterocycles. The lowest BCUT2D eigenvalue weighted by Crippen LogP contribution is -2.35. The zero-order chi connectivity index (χ0) is 23.9. The Bertz CT molecular complexity index is 1240. The Morgan fingerprint density at radius 1 is 0.853 bits per heavy atom. The van der Waals surface area contributed by atoms with Gasteiger partial charge in [0.15, 0.2) is 0 Å². The molecule has 1 amide bonds. The molecule has 0 unspecified atom stereocenters. The van der Waals surface area contributed by atoms with E-state index < -0.39 is 16.7 Å². The van der Waals surface area contributed by atoms with Gasteiger partial charge in [-0.15, -0.1) is 0 Å². The highest BCUT2D eigenvalue weighted by Crippen LogP contribution is 2.31. The van der Waals surface area contributed by atoms with Crippen LogP contribution in [-0.2, 0) is 4.79 Å². The summed E-state index contributed by atoms with van der Waals surface area (Å²) in [6, 6.07) is 25.9. The molecule has 170 valence electrons. The number of hydrogen-bond donors (Lipinski definition) is 3. The van der Waals surface area contributed by atoms with Crippen molar-refractivity contribution in [3.8, 4) is 0 Å². The van der Waals surface area contributed by atoms with Gasteiger partial charge in [-0.3, -0.25) is 25.8 Å². The number of nitro groups is 1. The van der Waals surface area contributed by atoms with Crippen molar-refractivity contribution < 1.29 is 9.72 Å². The van der Waals surface area contributed by atoms with Gasteiger partial charge in [0, 0.05) is 5.69 Å². The molecule has 9 nitrogen and oxygen atoms in total. The van der Waals surface area contributed by atoms with Crippen LogP contribution in [0.3, 0.4) is 0 Å². The van der Waals surface area contributed by atoms with Crippen molar-refractivity contribution in [3.63, 3.8) is 0 Å². The minimum atomic E-state index is -0.624. The third kappa shape index (κ3) is 5.16. The van der Waals surface area contributed by atoms with Crippen molar-refractivity contribution in [2.75, 3.05) is 10.7 Å². The summed E-state index contributed by atoms with van der Waals surface area (Å²) in [5, 5.41) is 14.8. The molecule has 0 atom stereocenters. The van der Waals surface area contributed by atoms with Crippen molar-refractivity contribution in [2.45, 2.75) is 12.8 Å². The molecule has 0 radical (unpaired) electrons. The van der Waals surface area contributed by atoms with Gasteiger partial charge < -0.3 is 5.32 Å². The fourth-order valence-corrected chi connectivity index (χ4v) is 3.49. The molecule has 1 aromatic heterocycles. The standard InChI is InChI=1S/C25H22N6O3/c1-17-12-14-20(15-13-17)28-23-22(31(33)34)24(27-16-26-23)29-30-25(32)21(18-8-4-2-5-9-18)19-10-6-3-7-11-19/h2-16,21H,1H3,(H,30,32)(H2,26,27,28,29). The number of nitrogens with zero attached hydrogens (tertiary/aromatic N) is 3. The molecule has 3 N–H and O–H groups in total. The zero-order valence-electron chi connectivity index (χ0n) is 18.3. The summed E-state index contributed by atoms with van der Waals surface area (Å²) in [6.07, 6.45) is 1.18. The number of carbonyl (C=O) groups excluding carboxylic acids is 1. The van der Waals surface area contributed by atoms with E-state index in [4.69, 9.17) is 0 Å². The number of rotatable bonds is 8. The first-order valence-electron chi connectivity index (χ1n) is 10.5. The molecule has 3 aromatic carbocycles. The zero-order valence-corrected chi connectivity index (χ0v) is 18.3. The molecule has 1 heterocycles. The number of hydrogen-bond acceptors (Lipinski definition) is 7. The first kappa shape index (κ1) is 22.4. The van der Waals surface area contributed by atoms with Crippen molar-refractivity contribution in [3.05, 3.63) is 118 Å². The maximum absolute atomic E-state index is 13.2. The molecule has 0 spiro atoms. The Morgan fingerprint density at radius 3 is 1.97 bits per heavy atom. The highest BCUT2D eigenvalue weighted by atomic mass is 16.6. The van der Waals surface area contributed by atoms with Gasteiger partial charge in [0.2, 0.25) is 17.5 Å².